The van der Waals surface area contributed by atoms with Crippen LogP contribution in [0.25, 0.3) is 0 Å². The van der Waals surface area contributed by atoms with Crippen molar-refractivity contribution in [2.45, 2.75) is 31.8 Å². The summed E-state index contributed by atoms with van der Waals surface area (Å²) in [6.45, 7) is 6.07. The second kappa shape index (κ2) is 10.6. The number of aliphatic carboxylic acids is 1. The molecule has 0 bridgehead atoms. The molecule has 0 amide bonds. The molecule has 7 heteroatoms. The summed E-state index contributed by atoms with van der Waals surface area (Å²) in [4.78, 5) is 18.3. The van der Waals surface area contributed by atoms with E-state index in [1.54, 1.807) is 6.07 Å². The molecule has 0 saturated carbocycles. The number of carboxylic acids is 1. The Labute approximate surface area is 194 Å². The van der Waals surface area contributed by atoms with E-state index in [-0.39, 0.29) is 12.2 Å². The third-order valence-electron chi connectivity index (χ3n) is 6.80. The number of carboxylic acid groups (broad SMARTS) is 1. The van der Waals surface area contributed by atoms with Gasteiger partial charge in [0.25, 0.3) is 0 Å². The molecule has 32 heavy (non-hydrogen) atoms. The van der Waals surface area contributed by atoms with Gasteiger partial charge < -0.3 is 10.0 Å². The zero-order valence-electron chi connectivity index (χ0n) is 18.3. The fourth-order valence-corrected chi connectivity index (χ4v) is 5.29. The smallest absolute Gasteiger partial charge is 0.303 e. The van der Waals surface area contributed by atoms with Gasteiger partial charge in [-0.25, -0.2) is 4.39 Å². The van der Waals surface area contributed by atoms with E-state index >= 15 is 0 Å². The van der Waals surface area contributed by atoms with Crippen LogP contribution in [-0.2, 0) is 11.3 Å². The van der Waals surface area contributed by atoms with Gasteiger partial charge in [-0.2, -0.15) is 0 Å². The van der Waals surface area contributed by atoms with Crippen molar-refractivity contribution in [3.63, 3.8) is 0 Å². The first-order valence-corrected chi connectivity index (χ1v) is 11.8. The Balaban J connectivity index is 1.38. The molecule has 2 aromatic rings. The summed E-state index contributed by atoms with van der Waals surface area (Å²) in [5.41, 5.74) is 1.90. The zero-order valence-corrected chi connectivity index (χ0v) is 19.1. The highest BCUT2D eigenvalue weighted by atomic mass is 35.5. The van der Waals surface area contributed by atoms with Crippen molar-refractivity contribution < 1.29 is 14.3 Å². The van der Waals surface area contributed by atoms with Crippen LogP contribution in [0.2, 0.25) is 5.02 Å². The average molecular weight is 460 g/mol. The minimum Gasteiger partial charge on any atom is -0.481 e. The lowest BCUT2D eigenvalue weighted by Crippen LogP contribution is -2.56. The summed E-state index contributed by atoms with van der Waals surface area (Å²) < 4.78 is 14.2. The maximum absolute atomic E-state index is 14.2. The van der Waals surface area contributed by atoms with Crippen LogP contribution in [-0.4, -0.2) is 66.2 Å². The highest BCUT2D eigenvalue weighted by molar-refractivity contribution is 6.30. The second-order valence-electron chi connectivity index (χ2n) is 8.88. The lowest BCUT2D eigenvalue weighted by molar-refractivity contribution is -0.137. The molecule has 0 spiro atoms. The summed E-state index contributed by atoms with van der Waals surface area (Å²) in [6.07, 6.45) is 1.91. The van der Waals surface area contributed by atoms with E-state index in [1.165, 1.54) is 11.6 Å². The summed E-state index contributed by atoms with van der Waals surface area (Å²) in [5.74, 6) is -0.592. The van der Waals surface area contributed by atoms with Gasteiger partial charge in [-0.15, -0.1) is 0 Å². The molecule has 2 aliphatic rings. The lowest BCUT2D eigenvalue weighted by atomic mass is 9.86. The number of piperazine rings is 1. The van der Waals surface area contributed by atoms with Crippen molar-refractivity contribution in [1.29, 1.82) is 0 Å². The topological polar surface area (TPSA) is 47.0 Å². The quantitative estimate of drug-likeness (QED) is 0.666. The molecule has 2 aliphatic heterocycles. The fourth-order valence-electron chi connectivity index (χ4n) is 5.16. The van der Waals surface area contributed by atoms with Crippen molar-refractivity contribution in [2.75, 3.05) is 44.2 Å². The zero-order chi connectivity index (χ0) is 22.5. The molecular weight excluding hydrogens is 429 g/mol. The van der Waals surface area contributed by atoms with Gasteiger partial charge in [0, 0.05) is 56.8 Å². The van der Waals surface area contributed by atoms with E-state index in [1.807, 2.05) is 24.3 Å². The molecule has 4 rings (SSSR count). The minimum atomic E-state index is -0.733. The number of carbonyl (C=O) groups is 1. The van der Waals surface area contributed by atoms with Crippen molar-refractivity contribution in [3.05, 3.63) is 64.9 Å². The van der Waals surface area contributed by atoms with E-state index in [9.17, 15) is 14.3 Å². The number of hydrogen-bond acceptors (Lipinski definition) is 4. The van der Waals surface area contributed by atoms with Crippen LogP contribution < -0.4 is 4.90 Å². The molecule has 172 valence electrons. The molecule has 1 N–H and O–H groups in total. The van der Waals surface area contributed by atoms with Crippen molar-refractivity contribution >= 4 is 23.3 Å². The molecule has 0 aromatic heterocycles. The molecule has 0 radical (unpaired) electrons. The average Bonchev–Trinajstić information content (AvgIpc) is 2.80. The molecule has 2 fully saturated rings. The maximum atomic E-state index is 14.2. The number of likely N-dealkylation sites (tertiary alicyclic amines) is 1. The largest absolute Gasteiger partial charge is 0.481 e. The number of anilines is 1. The molecule has 2 aromatic carbocycles. The number of piperidine rings is 1. The lowest BCUT2D eigenvalue weighted by Gasteiger charge is -2.47. The van der Waals surface area contributed by atoms with E-state index < -0.39 is 5.97 Å². The van der Waals surface area contributed by atoms with E-state index in [4.69, 9.17) is 11.6 Å². The number of benzene rings is 2. The van der Waals surface area contributed by atoms with Gasteiger partial charge in [-0.1, -0.05) is 35.9 Å². The Kier molecular flexibility index (Phi) is 7.66. The van der Waals surface area contributed by atoms with Gasteiger partial charge in [0.05, 0.1) is 5.69 Å². The van der Waals surface area contributed by atoms with Gasteiger partial charge in [-0.05, 0) is 55.1 Å². The van der Waals surface area contributed by atoms with Crippen molar-refractivity contribution in [3.8, 4) is 0 Å². The fraction of sp³-hybridized carbons (Fsp3) is 0.480. The molecule has 5 nitrogen and oxygen atoms in total. The first-order chi connectivity index (χ1) is 15.5. The third-order valence-corrected chi connectivity index (χ3v) is 7.05. The summed E-state index contributed by atoms with van der Waals surface area (Å²) >= 11 is 6.01. The molecular formula is C25H31ClFN3O2. The highest BCUT2D eigenvalue weighted by Crippen LogP contribution is 2.29. The monoisotopic (exact) mass is 459 g/mol. The maximum Gasteiger partial charge on any atom is 0.303 e. The van der Waals surface area contributed by atoms with Crippen LogP contribution in [0.5, 0.6) is 0 Å². The Hall–Kier alpha value is -2.15. The number of rotatable bonds is 7. The number of halogens is 2. The molecule has 2 heterocycles. The SMILES string of the molecule is O=C(O)CC[C@H]1CN(Cc2ccc(Cl)cc2)CC[C@H]1N1CCN(c2ccccc2F)CC1. The van der Waals surface area contributed by atoms with E-state index in [0.29, 0.717) is 24.1 Å². The standard InChI is InChI=1S/C25H31ClFN3O2/c26-21-8-5-19(6-9-21)17-28-12-11-23(20(18-28)7-10-25(31)32)29-13-15-30(16-14-29)24-4-2-1-3-22(24)27/h1-6,8-9,20,23H,7,10-18H2,(H,31,32)/t20-,23+/m0/s1. The van der Waals surface area contributed by atoms with Gasteiger partial charge in [-0.3, -0.25) is 14.6 Å². The predicted molar refractivity (Wildman–Crippen MR) is 126 cm³/mol. The molecule has 2 atom stereocenters. The van der Waals surface area contributed by atoms with Gasteiger partial charge in [0.1, 0.15) is 5.82 Å². The highest BCUT2D eigenvalue weighted by Gasteiger charge is 2.35. The number of hydrogen-bond donors (Lipinski definition) is 1. The summed E-state index contributed by atoms with van der Waals surface area (Å²) in [5, 5.41) is 10.0. The van der Waals surface area contributed by atoms with Gasteiger partial charge in [0.15, 0.2) is 0 Å². The van der Waals surface area contributed by atoms with Crippen LogP contribution in [0.15, 0.2) is 48.5 Å². The minimum absolute atomic E-state index is 0.171. The van der Waals surface area contributed by atoms with Gasteiger partial charge >= 0.3 is 5.97 Å². The summed E-state index contributed by atoms with van der Waals surface area (Å²) in [7, 11) is 0. The normalized spacial score (nSPS) is 22.8. The molecule has 0 aliphatic carbocycles. The van der Waals surface area contributed by atoms with Crippen LogP contribution in [0.1, 0.15) is 24.8 Å². The van der Waals surface area contributed by atoms with Crippen molar-refractivity contribution in [1.82, 2.24) is 9.80 Å². The number of para-hydroxylation sites is 1. The van der Waals surface area contributed by atoms with Crippen LogP contribution in [0, 0.1) is 11.7 Å². The Morgan fingerprint density at radius 2 is 1.75 bits per heavy atom. The van der Waals surface area contributed by atoms with E-state index in [0.717, 1.165) is 57.3 Å². The molecule has 2 saturated heterocycles. The number of nitrogens with zero attached hydrogens (tertiary/aromatic N) is 3. The predicted octanol–water partition coefficient (Wildman–Crippen LogP) is 4.36. The first-order valence-electron chi connectivity index (χ1n) is 11.4. The van der Waals surface area contributed by atoms with E-state index in [2.05, 4.69) is 26.8 Å². The van der Waals surface area contributed by atoms with Gasteiger partial charge in [0.2, 0.25) is 0 Å². The second-order valence-corrected chi connectivity index (χ2v) is 9.32. The Morgan fingerprint density at radius 1 is 1.03 bits per heavy atom. The van der Waals surface area contributed by atoms with Crippen LogP contribution in [0.3, 0.4) is 0 Å². The van der Waals surface area contributed by atoms with Crippen molar-refractivity contribution in [2.24, 2.45) is 5.92 Å². The first kappa shape index (κ1) is 23.0. The van der Waals surface area contributed by atoms with Crippen LogP contribution >= 0.6 is 11.6 Å². The molecule has 0 unspecified atom stereocenters. The Bertz CT molecular complexity index is 902. The summed E-state index contributed by atoms with van der Waals surface area (Å²) in [6, 6.07) is 15.3. The van der Waals surface area contributed by atoms with Crippen LogP contribution in [0.4, 0.5) is 10.1 Å². The third kappa shape index (κ3) is 5.80. The Morgan fingerprint density at radius 3 is 2.44 bits per heavy atom.